The fourth-order valence-corrected chi connectivity index (χ4v) is 5.03. The van der Waals surface area contributed by atoms with Gasteiger partial charge in [0.15, 0.2) is 5.82 Å². The third kappa shape index (κ3) is 4.04. The molecule has 0 fully saturated rings. The molecule has 0 spiro atoms. The van der Waals surface area contributed by atoms with Gasteiger partial charge in [-0.25, -0.2) is 15.0 Å². The van der Waals surface area contributed by atoms with Crippen molar-refractivity contribution in [1.29, 1.82) is 0 Å². The summed E-state index contributed by atoms with van der Waals surface area (Å²) in [7, 11) is 0. The number of benzene rings is 2. The Kier molecular flexibility index (Phi) is 5.27. The number of thiophene rings is 1. The first-order valence-corrected chi connectivity index (χ1v) is 12.1. The van der Waals surface area contributed by atoms with Crippen LogP contribution < -0.4 is 10.3 Å². The van der Waals surface area contributed by atoms with Crippen LogP contribution in [0.15, 0.2) is 83.7 Å². The molecule has 1 aliphatic heterocycles. The fraction of sp³-hybridized carbons (Fsp3) is 0.154. The third-order valence-corrected chi connectivity index (χ3v) is 6.75. The van der Waals surface area contributed by atoms with Gasteiger partial charge in [0.1, 0.15) is 0 Å². The van der Waals surface area contributed by atoms with Crippen LogP contribution in [0.25, 0.3) is 10.2 Å². The molecular formula is C26H23N7S. The zero-order valence-electron chi connectivity index (χ0n) is 18.7. The van der Waals surface area contributed by atoms with Crippen molar-refractivity contribution < 1.29 is 0 Å². The van der Waals surface area contributed by atoms with Crippen molar-refractivity contribution >= 4 is 45.2 Å². The Bertz CT molecular complexity index is 1450. The maximum Gasteiger partial charge on any atom is 0.229 e. The van der Waals surface area contributed by atoms with Crippen LogP contribution in [-0.4, -0.2) is 25.7 Å². The van der Waals surface area contributed by atoms with E-state index in [-0.39, 0.29) is 6.04 Å². The van der Waals surface area contributed by atoms with Crippen LogP contribution in [0.2, 0.25) is 0 Å². The molecule has 168 valence electrons. The summed E-state index contributed by atoms with van der Waals surface area (Å²) >= 11 is 1.64. The first-order valence-electron chi connectivity index (χ1n) is 11.2. The lowest BCUT2D eigenvalue weighted by Gasteiger charge is -2.24. The maximum atomic E-state index is 4.91. The van der Waals surface area contributed by atoms with E-state index in [1.807, 2.05) is 42.8 Å². The lowest BCUT2D eigenvalue weighted by molar-refractivity contribution is 0.702. The number of hydrogen-bond donors (Lipinski definition) is 1. The standard InChI is InChI=1S/C26H23N7S/c1-18-15-32(17-27-18)16-19-7-9-21(10-8-19)29-26-30-22-12-14-34-24(22)25(31-26)33-23(11-13-28-33)20-5-3-2-4-6-20/h2-10,12-15,17,23H,11,16H2,1H3,(H,29,30,31). The van der Waals surface area contributed by atoms with Crippen molar-refractivity contribution in [3.63, 3.8) is 0 Å². The van der Waals surface area contributed by atoms with Gasteiger partial charge in [-0.3, -0.25) is 0 Å². The summed E-state index contributed by atoms with van der Waals surface area (Å²) in [6.45, 7) is 2.79. The molecule has 0 saturated heterocycles. The van der Waals surface area contributed by atoms with Crippen LogP contribution in [0, 0.1) is 6.92 Å². The lowest BCUT2D eigenvalue weighted by Crippen LogP contribution is -2.20. The monoisotopic (exact) mass is 465 g/mol. The van der Waals surface area contributed by atoms with Gasteiger partial charge in [0.05, 0.1) is 28.3 Å². The molecule has 1 N–H and O–H groups in total. The molecule has 2 aromatic carbocycles. The highest BCUT2D eigenvalue weighted by atomic mass is 32.1. The van der Waals surface area contributed by atoms with E-state index in [4.69, 9.17) is 9.97 Å². The smallest absolute Gasteiger partial charge is 0.229 e. The Hall–Kier alpha value is -4.04. The van der Waals surface area contributed by atoms with Gasteiger partial charge in [0.25, 0.3) is 0 Å². The predicted octanol–water partition coefficient (Wildman–Crippen LogP) is 5.93. The average molecular weight is 466 g/mol. The molecule has 7 nitrogen and oxygen atoms in total. The number of nitrogens with one attached hydrogen (secondary N) is 1. The number of nitrogens with zero attached hydrogens (tertiary/aromatic N) is 6. The molecule has 0 bridgehead atoms. The molecular weight excluding hydrogens is 442 g/mol. The molecule has 5 aromatic rings. The molecule has 6 rings (SSSR count). The second-order valence-corrected chi connectivity index (χ2v) is 9.24. The normalized spacial score (nSPS) is 15.3. The van der Waals surface area contributed by atoms with Gasteiger partial charge in [-0.2, -0.15) is 10.1 Å². The summed E-state index contributed by atoms with van der Waals surface area (Å²) in [6.07, 6.45) is 6.71. The molecule has 0 saturated carbocycles. The zero-order valence-corrected chi connectivity index (χ0v) is 19.5. The van der Waals surface area contributed by atoms with Crippen molar-refractivity contribution in [3.05, 3.63) is 95.4 Å². The largest absolute Gasteiger partial charge is 0.333 e. The Balaban J connectivity index is 1.28. The van der Waals surface area contributed by atoms with Gasteiger partial charge >= 0.3 is 0 Å². The second-order valence-electron chi connectivity index (χ2n) is 8.32. The number of aromatic nitrogens is 4. The van der Waals surface area contributed by atoms with Gasteiger partial charge < -0.3 is 9.88 Å². The van der Waals surface area contributed by atoms with E-state index < -0.39 is 0 Å². The number of hydrazone groups is 1. The van der Waals surface area contributed by atoms with Crippen molar-refractivity contribution in [1.82, 2.24) is 19.5 Å². The van der Waals surface area contributed by atoms with Crippen molar-refractivity contribution in [2.24, 2.45) is 5.10 Å². The topological polar surface area (TPSA) is 71.2 Å². The van der Waals surface area contributed by atoms with Gasteiger partial charge in [0, 0.05) is 31.1 Å². The summed E-state index contributed by atoms with van der Waals surface area (Å²) in [5.41, 5.74) is 5.30. The third-order valence-electron chi connectivity index (χ3n) is 5.85. The lowest BCUT2D eigenvalue weighted by atomic mass is 10.0. The molecule has 0 amide bonds. The summed E-state index contributed by atoms with van der Waals surface area (Å²) in [5, 5.41) is 12.1. The quantitative estimate of drug-likeness (QED) is 0.337. The highest BCUT2D eigenvalue weighted by Gasteiger charge is 2.27. The summed E-state index contributed by atoms with van der Waals surface area (Å²) in [6, 6.07) is 20.9. The minimum atomic E-state index is 0.125. The molecule has 4 heterocycles. The number of aryl methyl sites for hydroxylation is 1. The molecule has 34 heavy (non-hydrogen) atoms. The number of fused-ring (bicyclic) bond motifs is 1. The molecule has 1 unspecified atom stereocenters. The maximum absolute atomic E-state index is 4.91. The molecule has 3 aromatic heterocycles. The number of anilines is 3. The second kappa shape index (κ2) is 8.72. The SMILES string of the molecule is Cc1cn(Cc2ccc(Nc3nc(N4N=CCC4c4ccccc4)c4sccc4n3)cc2)cn1. The van der Waals surface area contributed by atoms with E-state index >= 15 is 0 Å². The Labute approximate surface area is 201 Å². The van der Waals surface area contributed by atoms with E-state index in [0.29, 0.717) is 5.95 Å². The number of imidazole rings is 1. The van der Waals surface area contributed by atoms with Gasteiger partial charge in [-0.1, -0.05) is 42.5 Å². The highest BCUT2D eigenvalue weighted by molar-refractivity contribution is 7.17. The molecule has 1 aliphatic rings. The van der Waals surface area contributed by atoms with E-state index in [0.717, 1.165) is 40.4 Å². The molecule has 0 radical (unpaired) electrons. The Morgan fingerprint density at radius 3 is 2.68 bits per heavy atom. The van der Waals surface area contributed by atoms with E-state index in [1.165, 1.54) is 11.1 Å². The fourth-order valence-electron chi connectivity index (χ4n) is 4.22. The van der Waals surface area contributed by atoms with Crippen LogP contribution in [0.1, 0.15) is 29.3 Å². The predicted molar refractivity (Wildman–Crippen MR) is 138 cm³/mol. The van der Waals surface area contributed by atoms with Crippen LogP contribution in [0.5, 0.6) is 0 Å². The minimum Gasteiger partial charge on any atom is -0.333 e. The van der Waals surface area contributed by atoms with Gasteiger partial charge in [0.2, 0.25) is 5.95 Å². The van der Waals surface area contributed by atoms with Crippen LogP contribution >= 0.6 is 11.3 Å². The van der Waals surface area contributed by atoms with Crippen molar-refractivity contribution in [2.75, 3.05) is 10.3 Å². The van der Waals surface area contributed by atoms with Gasteiger partial charge in [-0.15, -0.1) is 11.3 Å². The Morgan fingerprint density at radius 2 is 1.88 bits per heavy atom. The first-order chi connectivity index (χ1) is 16.7. The highest BCUT2D eigenvalue weighted by Crippen LogP contribution is 2.38. The van der Waals surface area contributed by atoms with Crippen molar-refractivity contribution in [3.8, 4) is 0 Å². The minimum absolute atomic E-state index is 0.125. The summed E-state index contributed by atoms with van der Waals surface area (Å²) in [4.78, 5) is 14.0. The van der Waals surface area contributed by atoms with E-state index in [2.05, 4.69) is 73.9 Å². The molecule has 1 atom stereocenters. The molecule has 8 heteroatoms. The van der Waals surface area contributed by atoms with Gasteiger partial charge in [-0.05, 0) is 41.6 Å². The molecule has 0 aliphatic carbocycles. The summed E-state index contributed by atoms with van der Waals surface area (Å²) < 4.78 is 3.12. The average Bonchev–Trinajstić information content (AvgIpc) is 3.61. The van der Waals surface area contributed by atoms with Crippen LogP contribution in [-0.2, 0) is 6.54 Å². The van der Waals surface area contributed by atoms with E-state index in [1.54, 1.807) is 11.3 Å². The van der Waals surface area contributed by atoms with E-state index in [9.17, 15) is 0 Å². The van der Waals surface area contributed by atoms with Crippen LogP contribution in [0.3, 0.4) is 0 Å². The summed E-state index contributed by atoms with van der Waals surface area (Å²) in [5.74, 6) is 1.39. The van der Waals surface area contributed by atoms with Crippen LogP contribution in [0.4, 0.5) is 17.5 Å². The Morgan fingerprint density at radius 1 is 1.03 bits per heavy atom. The number of hydrogen-bond acceptors (Lipinski definition) is 7. The number of rotatable bonds is 6. The first kappa shape index (κ1) is 20.6. The zero-order chi connectivity index (χ0) is 22.9. The van der Waals surface area contributed by atoms with Crippen molar-refractivity contribution in [2.45, 2.75) is 25.9 Å².